The molecule has 0 aliphatic heterocycles. The van der Waals surface area contributed by atoms with E-state index in [9.17, 15) is 0 Å². The fourth-order valence-corrected chi connectivity index (χ4v) is 2.64. The van der Waals surface area contributed by atoms with Gasteiger partial charge in [-0.1, -0.05) is 26.9 Å². The minimum atomic E-state index is 0.147. The van der Waals surface area contributed by atoms with Crippen molar-refractivity contribution in [2.45, 2.75) is 26.9 Å². The van der Waals surface area contributed by atoms with E-state index in [4.69, 9.17) is 4.52 Å². The maximum atomic E-state index is 5.16. The second kappa shape index (κ2) is 4.61. The second-order valence-corrected chi connectivity index (χ2v) is 5.82. The molecule has 0 saturated heterocycles. The van der Waals surface area contributed by atoms with Gasteiger partial charge in [0.25, 0.3) is 0 Å². The monoisotopic (exact) mass is 185 g/mol. The Bertz CT molecular complexity index is 230. The number of nitrogens with zero attached hydrogens (tertiary/aromatic N) is 1. The lowest BCUT2D eigenvalue weighted by atomic mass is 10.4. The van der Waals surface area contributed by atoms with Gasteiger partial charge in [0.15, 0.2) is 0 Å². The van der Waals surface area contributed by atoms with E-state index in [0.29, 0.717) is 0 Å². The summed E-state index contributed by atoms with van der Waals surface area (Å²) in [4.78, 5) is 0. The SMILES string of the molecule is CCP(CC)Cc1cc(C)no1. The minimum Gasteiger partial charge on any atom is -0.361 e. The maximum Gasteiger partial charge on any atom is 0.141 e. The van der Waals surface area contributed by atoms with Crippen LogP contribution in [0.1, 0.15) is 25.3 Å². The van der Waals surface area contributed by atoms with Gasteiger partial charge in [0, 0.05) is 12.2 Å². The molecule has 0 fully saturated rings. The van der Waals surface area contributed by atoms with Crippen molar-refractivity contribution in [3.63, 3.8) is 0 Å². The molecule has 1 heterocycles. The van der Waals surface area contributed by atoms with Crippen LogP contribution >= 0.6 is 7.92 Å². The molecule has 0 N–H and O–H groups in total. The molecule has 1 aromatic heterocycles. The fraction of sp³-hybridized carbons (Fsp3) is 0.667. The normalized spacial score (nSPS) is 11.0. The molecule has 3 heteroatoms. The molecular formula is C9H16NOP. The average molecular weight is 185 g/mol. The summed E-state index contributed by atoms with van der Waals surface area (Å²) in [6.07, 6.45) is 3.67. The second-order valence-electron chi connectivity index (χ2n) is 2.90. The fourth-order valence-electron chi connectivity index (χ4n) is 1.16. The van der Waals surface area contributed by atoms with E-state index >= 15 is 0 Å². The van der Waals surface area contributed by atoms with E-state index in [0.717, 1.165) is 17.6 Å². The lowest BCUT2D eigenvalue weighted by Gasteiger charge is -2.09. The summed E-state index contributed by atoms with van der Waals surface area (Å²) in [6.45, 7) is 6.46. The van der Waals surface area contributed by atoms with Gasteiger partial charge in [-0.3, -0.25) is 0 Å². The van der Waals surface area contributed by atoms with Crippen LogP contribution in [-0.2, 0) is 6.16 Å². The Morgan fingerprint density at radius 2 is 2.08 bits per heavy atom. The van der Waals surface area contributed by atoms with Crippen LogP contribution in [0.4, 0.5) is 0 Å². The van der Waals surface area contributed by atoms with E-state index in [-0.39, 0.29) is 7.92 Å². The summed E-state index contributed by atoms with van der Waals surface area (Å²) in [5.41, 5.74) is 0.993. The minimum absolute atomic E-state index is 0.147. The van der Waals surface area contributed by atoms with Crippen molar-refractivity contribution in [1.29, 1.82) is 0 Å². The molecule has 0 aromatic carbocycles. The smallest absolute Gasteiger partial charge is 0.141 e. The summed E-state index contributed by atoms with van der Waals surface area (Å²) < 4.78 is 5.16. The first-order valence-corrected chi connectivity index (χ1v) is 6.30. The van der Waals surface area contributed by atoms with Crippen molar-refractivity contribution in [3.05, 3.63) is 17.5 Å². The highest BCUT2D eigenvalue weighted by Crippen LogP contribution is 2.38. The van der Waals surface area contributed by atoms with Gasteiger partial charge in [-0.25, -0.2) is 0 Å². The molecule has 0 bridgehead atoms. The van der Waals surface area contributed by atoms with Gasteiger partial charge in [0.05, 0.1) is 5.69 Å². The van der Waals surface area contributed by atoms with E-state index in [1.54, 1.807) is 0 Å². The molecule has 0 aliphatic rings. The first kappa shape index (κ1) is 9.73. The number of aryl methyl sites for hydroxylation is 1. The van der Waals surface area contributed by atoms with Crippen molar-refractivity contribution < 1.29 is 4.52 Å². The van der Waals surface area contributed by atoms with Crippen molar-refractivity contribution in [2.24, 2.45) is 0 Å². The molecule has 2 nitrogen and oxygen atoms in total. The Kier molecular flexibility index (Phi) is 3.74. The third-order valence-electron chi connectivity index (χ3n) is 1.95. The number of aromatic nitrogens is 1. The topological polar surface area (TPSA) is 26.0 Å². The third kappa shape index (κ3) is 2.60. The zero-order valence-electron chi connectivity index (χ0n) is 8.00. The summed E-state index contributed by atoms with van der Waals surface area (Å²) in [6, 6.07) is 2.04. The highest BCUT2D eigenvalue weighted by atomic mass is 31.1. The average Bonchev–Trinajstić information content (AvgIpc) is 2.47. The number of rotatable bonds is 4. The molecule has 1 aromatic rings. The largest absolute Gasteiger partial charge is 0.361 e. The quantitative estimate of drug-likeness (QED) is 0.674. The van der Waals surface area contributed by atoms with Crippen molar-refractivity contribution in [3.8, 4) is 0 Å². The van der Waals surface area contributed by atoms with Gasteiger partial charge in [0.1, 0.15) is 5.76 Å². The highest BCUT2D eigenvalue weighted by molar-refractivity contribution is 7.56. The third-order valence-corrected chi connectivity index (χ3v) is 4.50. The van der Waals surface area contributed by atoms with Crippen LogP contribution in [0, 0.1) is 6.92 Å². The van der Waals surface area contributed by atoms with Crippen LogP contribution in [0.15, 0.2) is 10.6 Å². The van der Waals surface area contributed by atoms with Gasteiger partial charge >= 0.3 is 0 Å². The highest BCUT2D eigenvalue weighted by Gasteiger charge is 2.07. The molecule has 0 amide bonds. The molecule has 1 rings (SSSR count). The summed E-state index contributed by atoms with van der Waals surface area (Å²) in [5, 5.41) is 3.87. The molecular weight excluding hydrogens is 169 g/mol. The lowest BCUT2D eigenvalue weighted by Crippen LogP contribution is -1.86. The van der Waals surface area contributed by atoms with Gasteiger partial charge in [-0.2, -0.15) is 0 Å². The van der Waals surface area contributed by atoms with Crippen LogP contribution in [0.3, 0.4) is 0 Å². The van der Waals surface area contributed by atoms with Crippen molar-refractivity contribution in [1.82, 2.24) is 5.16 Å². The van der Waals surface area contributed by atoms with Crippen molar-refractivity contribution in [2.75, 3.05) is 12.3 Å². The van der Waals surface area contributed by atoms with Crippen LogP contribution in [0.25, 0.3) is 0 Å². The molecule has 12 heavy (non-hydrogen) atoms. The van der Waals surface area contributed by atoms with Crippen LogP contribution in [0.2, 0.25) is 0 Å². The molecule has 0 aliphatic carbocycles. The Morgan fingerprint density at radius 1 is 1.42 bits per heavy atom. The molecule has 0 unspecified atom stereocenters. The van der Waals surface area contributed by atoms with Crippen LogP contribution in [0.5, 0.6) is 0 Å². The zero-order chi connectivity index (χ0) is 8.97. The Balaban J connectivity index is 2.50. The Morgan fingerprint density at radius 3 is 2.50 bits per heavy atom. The van der Waals surface area contributed by atoms with E-state index in [1.165, 1.54) is 12.3 Å². The first-order valence-electron chi connectivity index (χ1n) is 4.40. The maximum absolute atomic E-state index is 5.16. The molecule has 0 spiro atoms. The van der Waals surface area contributed by atoms with Crippen LogP contribution in [-0.4, -0.2) is 17.5 Å². The standard InChI is InChI=1S/C9H16NOP/c1-4-12(5-2)7-9-6-8(3)10-11-9/h6H,4-5,7H2,1-3H3. The molecule has 68 valence electrons. The molecule has 0 atom stereocenters. The predicted octanol–water partition coefficient (Wildman–Crippen LogP) is 3.00. The van der Waals surface area contributed by atoms with Gasteiger partial charge in [-0.15, -0.1) is 0 Å². The number of hydrogen-bond acceptors (Lipinski definition) is 2. The first-order chi connectivity index (χ1) is 5.76. The van der Waals surface area contributed by atoms with E-state index < -0.39 is 0 Å². The van der Waals surface area contributed by atoms with Crippen LogP contribution < -0.4 is 0 Å². The van der Waals surface area contributed by atoms with Gasteiger partial charge < -0.3 is 4.52 Å². The molecule has 0 saturated carbocycles. The molecule has 0 radical (unpaired) electrons. The zero-order valence-corrected chi connectivity index (χ0v) is 8.90. The van der Waals surface area contributed by atoms with Gasteiger partial charge in [-0.05, 0) is 19.2 Å². The predicted molar refractivity (Wildman–Crippen MR) is 52.9 cm³/mol. The van der Waals surface area contributed by atoms with Crippen molar-refractivity contribution >= 4 is 7.92 Å². The van der Waals surface area contributed by atoms with E-state index in [1.807, 2.05) is 13.0 Å². The Hall–Kier alpha value is -0.360. The lowest BCUT2D eigenvalue weighted by molar-refractivity contribution is 0.390. The summed E-state index contributed by atoms with van der Waals surface area (Å²) in [7, 11) is 0.147. The Labute approximate surface area is 75.1 Å². The summed E-state index contributed by atoms with van der Waals surface area (Å²) >= 11 is 0. The van der Waals surface area contributed by atoms with E-state index in [2.05, 4.69) is 19.0 Å². The summed E-state index contributed by atoms with van der Waals surface area (Å²) in [5.74, 6) is 1.06. The number of hydrogen-bond donors (Lipinski definition) is 0. The van der Waals surface area contributed by atoms with Gasteiger partial charge in [0.2, 0.25) is 0 Å².